The number of rotatable bonds is 2. The van der Waals surface area contributed by atoms with Crippen molar-refractivity contribution in [2.45, 2.75) is 37.5 Å². The minimum atomic E-state index is -0.283. The van der Waals surface area contributed by atoms with Gasteiger partial charge in [-0.15, -0.1) is 0 Å². The maximum Gasteiger partial charge on any atom is 0.0926 e. The van der Waals surface area contributed by atoms with Gasteiger partial charge in [0, 0.05) is 0 Å². The number of allylic oxidation sites excluding steroid dienone is 2. The van der Waals surface area contributed by atoms with Gasteiger partial charge in [-0.1, -0.05) is 36.5 Å². The van der Waals surface area contributed by atoms with Gasteiger partial charge in [0.25, 0.3) is 0 Å². The number of azo groups is 1. The Morgan fingerprint density at radius 3 is 2.47 bits per heavy atom. The Morgan fingerprint density at radius 1 is 0.933 bits per heavy atom. The van der Waals surface area contributed by atoms with Crippen LogP contribution in [0.25, 0.3) is 0 Å². The van der Waals surface area contributed by atoms with Crippen LogP contribution in [0.1, 0.15) is 19.3 Å². The molecule has 2 aliphatic rings. The largest absolute Gasteiger partial charge is 0.389 e. The third-order valence-electron chi connectivity index (χ3n) is 2.63. The van der Waals surface area contributed by atoms with Crippen LogP contribution in [-0.2, 0) is 0 Å². The lowest BCUT2D eigenvalue weighted by Crippen LogP contribution is -2.14. The van der Waals surface area contributed by atoms with E-state index in [-0.39, 0.29) is 18.2 Å². The average molecular weight is 204 g/mol. The lowest BCUT2D eigenvalue weighted by Gasteiger charge is -2.15. The third kappa shape index (κ3) is 3.13. The molecule has 0 saturated carbocycles. The van der Waals surface area contributed by atoms with Crippen molar-refractivity contribution in [3.63, 3.8) is 0 Å². The molecule has 0 saturated heterocycles. The molecule has 3 nitrogen and oxygen atoms in total. The van der Waals surface area contributed by atoms with Crippen molar-refractivity contribution >= 4 is 0 Å². The van der Waals surface area contributed by atoms with Gasteiger partial charge in [-0.25, -0.2) is 0 Å². The summed E-state index contributed by atoms with van der Waals surface area (Å²) in [5.41, 5.74) is 0. The summed E-state index contributed by atoms with van der Waals surface area (Å²) in [5.74, 6) is 0. The molecule has 80 valence electrons. The van der Waals surface area contributed by atoms with Crippen molar-refractivity contribution in [2.75, 3.05) is 0 Å². The zero-order valence-corrected chi connectivity index (χ0v) is 8.66. The van der Waals surface area contributed by atoms with E-state index in [0.29, 0.717) is 0 Å². The molecule has 0 heterocycles. The molecule has 15 heavy (non-hydrogen) atoms. The molecule has 0 aliphatic heterocycles. The highest BCUT2D eigenvalue weighted by Gasteiger charge is 2.13. The summed E-state index contributed by atoms with van der Waals surface area (Å²) < 4.78 is 0. The Bertz CT molecular complexity index is 318. The number of aliphatic hydroxyl groups is 1. The van der Waals surface area contributed by atoms with Gasteiger partial charge >= 0.3 is 0 Å². The lowest BCUT2D eigenvalue weighted by molar-refractivity contribution is 0.200. The van der Waals surface area contributed by atoms with Crippen molar-refractivity contribution in [3.05, 3.63) is 36.5 Å². The van der Waals surface area contributed by atoms with E-state index < -0.39 is 0 Å². The second kappa shape index (κ2) is 5.03. The van der Waals surface area contributed by atoms with Crippen LogP contribution < -0.4 is 0 Å². The molecular formula is C12H16N2O. The van der Waals surface area contributed by atoms with Gasteiger partial charge in [-0.2, -0.15) is 10.2 Å². The molecule has 0 aromatic carbocycles. The monoisotopic (exact) mass is 204 g/mol. The first kappa shape index (κ1) is 10.3. The van der Waals surface area contributed by atoms with E-state index in [1.807, 2.05) is 24.3 Å². The highest BCUT2D eigenvalue weighted by atomic mass is 16.3. The molecule has 3 heteroatoms. The normalized spacial score (nSPS) is 35.1. The summed E-state index contributed by atoms with van der Waals surface area (Å²) in [4.78, 5) is 0. The Hall–Kier alpha value is -1.22. The Morgan fingerprint density at radius 2 is 1.80 bits per heavy atom. The summed E-state index contributed by atoms with van der Waals surface area (Å²) in [5, 5.41) is 17.8. The first-order valence-electron chi connectivity index (χ1n) is 5.44. The Labute approximate surface area is 89.9 Å². The lowest BCUT2D eigenvalue weighted by atomic mass is 10.0. The topological polar surface area (TPSA) is 45.0 Å². The van der Waals surface area contributed by atoms with Crippen LogP contribution in [0.2, 0.25) is 0 Å². The van der Waals surface area contributed by atoms with Gasteiger partial charge in [0.2, 0.25) is 0 Å². The van der Waals surface area contributed by atoms with E-state index in [9.17, 15) is 5.11 Å². The maximum atomic E-state index is 9.26. The molecule has 0 bridgehead atoms. The Balaban J connectivity index is 1.86. The molecule has 2 rings (SSSR count). The van der Waals surface area contributed by atoms with Gasteiger partial charge in [-0.3, -0.25) is 0 Å². The standard InChI is InChI=1S/C12H16N2O/c15-12-8-6-11(7-9-12)14-13-10-4-2-1-3-5-10/h1-4,6,8,10-12,15H,5,7,9H2. The van der Waals surface area contributed by atoms with Crippen LogP contribution in [0.4, 0.5) is 0 Å². The van der Waals surface area contributed by atoms with Crippen LogP contribution >= 0.6 is 0 Å². The van der Waals surface area contributed by atoms with Crippen molar-refractivity contribution in [3.8, 4) is 0 Å². The summed E-state index contributed by atoms with van der Waals surface area (Å²) >= 11 is 0. The van der Waals surface area contributed by atoms with Gasteiger partial charge in [0.05, 0.1) is 18.2 Å². The Kier molecular flexibility index (Phi) is 3.45. The number of nitrogens with zero attached hydrogens (tertiary/aromatic N) is 2. The molecule has 2 aliphatic carbocycles. The summed E-state index contributed by atoms with van der Waals surface area (Å²) in [6.45, 7) is 0. The number of hydrogen-bond acceptors (Lipinski definition) is 3. The predicted octanol–water partition coefficient (Wildman–Crippen LogP) is 2.40. The highest BCUT2D eigenvalue weighted by Crippen LogP contribution is 2.16. The second-order valence-corrected chi connectivity index (χ2v) is 3.94. The minimum Gasteiger partial charge on any atom is -0.389 e. The molecule has 3 unspecified atom stereocenters. The van der Waals surface area contributed by atoms with Crippen molar-refractivity contribution < 1.29 is 5.11 Å². The van der Waals surface area contributed by atoms with E-state index >= 15 is 0 Å². The first-order chi connectivity index (χ1) is 7.34. The minimum absolute atomic E-state index is 0.160. The van der Waals surface area contributed by atoms with Crippen LogP contribution in [0, 0.1) is 0 Å². The summed E-state index contributed by atoms with van der Waals surface area (Å²) in [6, 6.07) is 0.364. The van der Waals surface area contributed by atoms with E-state index in [1.165, 1.54) is 0 Å². The molecule has 0 radical (unpaired) electrons. The van der Waals surface area contributed by atoms with E-state index in [1.54, 1.807) is 0 Å². The van der Waals surface area contributed by atoms with Gasteiger partial charge in [0.15, 0.2) is 0 Å². The molecular weight excluding hydrogens is 188 g/mol. The van der Waals surface area contributed by atoms with E-state index in [2.05, 4.69) is 22.4 Å². The second-order valence-electron chi connectivity index (χ2n) is 3.94. The number of hydrogen-bond donors (Lipinski definition) is 1. The van der Waals surface area contributed by atoms with Crippen LogP contribution in [-0.4, -0.2) is 23.3 Å². The molecule has 1 N–H and O–H groups in total. The fourth-order valence-corrected chi connectivity index (χ4v) is 1.71. The van der Waals surface area contributed by atoms with Crippen LogP contribution in [0.3, 0.4) is 0 Å². The van der Waals surface area contributed by atoms with Gasteiger partial charge in [-0.05, 0) is 19.3 Å². The zero-order valence-electron chi connectivity index (χ0n) is 8.66. The van der Waals surface area contributed by atoms with E-state index in [0.717, 1.165) is 19.3 Å². The van der Waals surface area contributed by atoms with Gasteiger partial charge < -0.3 is 5.11 Å². The SMILES string of the molecule is OC1C=CC(N=NC2C=CC=CC2)CC1. The zero-order chi connectivity index (χ0) is 10.5. The third-order valence-corrected chi connectivity index (χ3v) is 2.63. The predicted molar refractivity (Wildman–Crippen MR) is 59.7 cm³/mol. The summed E-state index contributed by atoms with van der Waals surface area (Å²) in [7, 11) is 0. The van der Waals surface area contributed by atoms with Crippen molar-refractivity contribution in [1.82, 2.24) is 0 Å². The van der Waals surface area contributed by atoms with E-state index in [4.69, 9.17) is 0 Å². The van der Waals surface area contributed by atoms with Crippen LogP contribution in [0.5, 0.6) is 0 Å². The quantitative estimate of drug-likeness (QED) is 0.545. The summed E-state index contributed by atoms with van der Waals surface area (Å²) in [6.07, 6.45) is 14.3. The maximum absolute atomic E-state index is 9.26. The average Bonchev–Trinajstić information content (AvgIpc) is 2.30. The van der Waals surface area contributed by atoms with Gasteiger partial charge in [0.1, 0.15) is 0 Å². The van der Waals surface area contributed by atoms with Crippen LogP contribution in [0.15, 0.2) is 46.7 Å². The fourth-order valence-electron chi connectivity index (χ4n) is 1.71. The molecule has 0 aromatic rings. The number of aliphatic hydroxyl groups excluding tert-OH is 1. The fraction of sp³-hybridized carbons (Fsp3) is 0.500. The smallest absolute Gasteiger partial charge is 0.0926 e. The molecule has 0 amide bonds. The van der Waals surface area contributed by atoms with Crippen molar-refractivity contribution in [2.24, 2.45) is 10.2 Å². The molecule has 3 atom stereocenters. The molecule has 0 aromatic heterocycles. The first-order valence-corrected chi connectivity index (χ1v) is 5.44. The molecule has 0 fully saturated rings. The molecule has 0 spiro atoms. The highest BCUT2D eigenvalue weighted by molar-refractivity contribution is 5.13. The van der Waals surface area contributed by atoms with Crippen molar-refractivity contribution in [1.29, 1.82) is 0 Å².